The minimum absolute atomic E-state index is 0.140. The van der Waals surface area contributed by atoms with Crippen molar-refractivity contribution in [2.75, 3.05) is 6.54 Å². The molecule has 0 amide bonds. The third kappa shape index (κ3) is 4.60. The molecule has 114 valence electrons. The molecule has 0 aliphatic carbocycles. The predicted molar refractivity (Wildman–Crippen MR) is 85.6 cm³/mol. The summed E-state index contributed by atoms with van der Waals surface area (Å²) in [4.78, 5) is 0. The van der Waals surface area contributed by atoms with Gasteiger partial charge in [0.05, 0.1) is 5.25 Å². The van der Waals surface area contributed by atoms with Crippen molar-refractivity contribution >= 4 is 10.0 Å². The Morgan fingerprint density at radius 2 is 1.55 bits per heavy atom. The lowest BCUT2D eigenvalue weighted by Gasteiger charge is -2.20. The molecule has 0 fully saturated rings. The highest BCUT2D eigenvalue weighted by atomic mass is 32.2. The normalized spacial score (nSPS) is 14.6. The average Bonchev–Trinajstić information content (AvgIpc) is 2.35. The molecular weight excluding hydrogens is 270 g/mol. The third-order valence-electron chi connectivity index (χ3n) is 3.56. The monoisotopic (exact) mass is 297 g/mol. The Hall–Kier alpha value is -0.870. The van der Waals surface area contributed by atoms with Crippen molar-refractivity contribution in [2.45, 2.75) is 58.1 Å². The number of hydrogen-bond acceptors (Lipinski definition) is 2. The van der Waals surface area contributed by atoms with E-state index >= 15 is 0 Å². The molecule has 0 aromatic heterocycles. The maximum Gasteiger partial charge on any atom is 0.213 e. The van der Waals surface area contributed by atoms with E-state index in [1.54, 1.807) is 13.8 Å². The van der Waals surface area contributed by atoms with Gasteiger partial charge in [0.15, 0.2) is 0 Å². The van der Waals surface area contributed by atoms with Crippen LogP contribution >= 0.6 is 0 Å². The van der Waals surface area contributed by atoms with Crippen LogP contribution in [0.5, 0.6) is 0 Å². The third-order valence-corrected chi connectivity index (χ3v) is 5.37. The van der Waals surface area contributed by atoms with Crippen molar-refractivity contribution in [3.05, 3.63) is 35.4 Å². The number of sulfonamides is 1. The maximum atomic E-state index is 11.7. The highest BCUT2D eigenvalue weighted by molar-refractivity contribution is 7.90. The molecule has 1 aromatic carbocycles. The van der Waals surface area contributed by atoms with Gasteiger partial charge in [-0.05, 0) is 36.3 Å². The molecule has 1 aromatic rings. The first kappa shape index (κ1) is 17.2. The van der Waals surface area contributed by atoms with E-state index in [1.807, 2.05) is 6.92 Å². The summed E-state index contributed by atoms with van der Waals surface area (Å²) in [7, 11) is -3.18. The molecule has 0 aliphatic rings. The van der Waals surface area contributed by atoms with Crippen LogP contribution < -0.4 is 4.72 Å². The molecule has 0 heterocycles. The zero-order valence-electron chi connectivity index (χ0n) is 13.4. The molecule has 20 heavy (non-hydrogen) atoms. The van der Waals surface area contributed by atoms with E-state index in [0.717, 1.165) is 5.56 Å². The second kappa shape index (κ2) is 6.27. The lowest BCUT2D eigenvalue weighted by atomic mass is 9.86. The summed E-state index contributed by atoms with van der Waals surface area (Å²) in [5, 5.41) is -0.391. The van der Waals surface area contributed by atoms with Gasteiger partial charge in [-0.3, -0.25) is 0 Å². The van der Waals surface area contributed by atoms with E-state index < -0.39 is 15.3 Å². The van der Waals surface area contributed by atoms with Gasteiger partial charge in [-0.1, -0.05) is 52.0 Å². The highest BCUT2D eigenvalue weighted by Gasteiger charge is 2.18. The SMILES string of the molecule is CC(C)S(=O)(=O)NC[C@H](C)c1ccc(C(C)(C)C)cc1. The van der Waals surface area contributed by atoms with Gasteiger partial charge in [0.25, 0.3) is 0 Å². The van der Waals surface area contributed by atoms with E-state index in [-0.39, 0.29) is 11.3 Å². The molecule has 0 radical (unpaired) electrons. The van der Waals surface area contributed by atoms with Gasteiger partial charge in [-0.2, -0.15) is 0 Å². The van der Waals surface area contributed by atoms with Crippen molar-refractivity contribution in [1.29, 1.82) is 0 Å². The Bertz CT molecular complexity index is 525. The topological polar surface area (TPSA) is 46.2 Å². The summed E-state index contributed by atoms with van der Waals surface area (Å²) in [5.74, 6) is 0.164. The maximum absolute atomic E-state index is 11.7. The van der Waals surface area contributed by atoms with Gasteiger partial charge in [0.2, 0.25) is 10.0 Å². The molecule has 4 heteroatoms. The van der Waals surface area contributed by atoms with Crippen LogP contribution in [0.25, 0.3) is 0 Å². The van der Waals surface area contributed by atoms with Crippen LogP contribution in [0.2, 0.25) is 0 Å². The van der Waals surface area contributed by atoms with Crippen LogP contribution in [0.1, 0.15) is 58.6 Å². The van der Waals surface area contributed by atoms with Crippen molar-refractivity contribution in [3.63, 3.8) is 0 Å². The van der Waals surface area contributed by atoms with Crippen LogP contribution in [0.3, 0.4) is 0 Å². The van der Waals surface area contributed by atoms with Gasteiger partial charge < -0.3 is 0 Å². The highest BCUT2D eigenvalue weighted by Crippen LogP contribution is 2.24. The summed E-state index contributed by atoms with van der Waals surface area (Å²) < 4.78 is 26.2. The first-order valence-corrected chi connectivity index (χ1v) is 8.67. The minimum atomic E-state index is -3.18. The predicted octanol–water partition coefficient (Wildman–Crippen LogP) is 3.42. The molecule has 0 bridgehead atoms. The van der Waals surface area contributed by atoms with E-state index in [4.69, 9.17) is 0 Å². The number of rotatable bonds is 5. The molecule has 1 N–H and O–H groups in total. The standard InChI is InChI=1S/C16H27NO2S/c1-12(2)20(18,19)17-11-13(3)14-7-9-15(10-8-14)16(4,5)6/h7-10,12-13,17H,11H2,1-6H3/t13-/m0/s1. The lowest BCUT2D eigenvalue weighted by molar-refractivity contribution is 0.566. The first-order valence-electron chi connectivity index (χ1n) is 7.13. The van der Waals surface area contributed by atoms with Crippen LogP contribution in [-0.2, 0) is 15.4 Å². The number of hydrogen-bond donors (Lipinski definition) is 1. The summed E-state index contributed by atoms with van der Waals surface area (Å²) in [5.41, 5.74) is 2.58. The fourth-order valence-electron chi connectivity index (χ4n) is 1.84. The Balaban J connectivity index is 2.72. The average molecular weight is 297 g/mol. The number of benzene rings is 1. The Morgan fingerprint density at radius 3 is 1.95 bits per heavy atom. The van der Waals surface area contributed by atoms with Crippen molar-refractivity contribution < 1.29 is 8.42 Å². The second-order valence-electron chi connectivity index (χ2n) is 6.72. The Morgan fingerprint density at radius 1 is 1.05 bits per heavy atom. The van der Waals surface area contributed by atoms with Crippen LogP contribution in [0, 0.1) is 0 Å². The molecule has 1 atom stereocenters. The van der Waals surface area contributed by atoms with Crippen molar-refractivity contribution in [3.8, 4) is 0 Å². The fraction of sp³-hybridized carbons (Fsp3) is 0.625. The number of nitrogens with one attached hydrogen (secondary N) is 1. The van der Waals surface area contributed by atoms with Gasteiger partial charge in [-0.25, -0.2) is 13.1 Å². The molecule has 0 unspecified atom stereocenters. The van der Waals surface area contributed by atoms with Crippen molar-refractivity contribution in [2.24, 2.45) is 0 Å². The van der Waals surface area contributed by atoms with E-state index in [0.29, 0.717) is 6.54 Å². The first-order chi connectivity index (χ1) is 9.04. The molecule has 0 spiro atoms. The van der Waals surface area contributed by atoms with E-state index in [2.05, 4.69) is 49.8 Å². The Kier molecular flexibility index (Phi) is 5.39. The molecule has 0 saturated carbocycles. The molecule has 0 saturated heterocycles. The minimum Gasteiger partial charge on any atom is -0.214 e. The lowest BCUT2D eigenvalue weighted by Crippen LogP contribution is -2.33. The van der Waals surface area contributed by atoms with Crippen LogP contribution in [-0.4, -0.2) is 20.2 Å². The van der Waals surface area contributed by atoms with Gasteiger partial charge in [0, 0.05) is 6.54 Å². The van der Waals surface area contributed by atoms with Gasteiger partial charge in [0.1, 0.15) is 0 Å². The summed E-state index contributed by atoms with van der Waals surface area (Å²) in [6, 6.07) is 8.44. The Labute approximate surface area is 123 Å². The summed E-state index contributed by atoms with van der Waals surface area (Å²) in [6.07, 6.45) is 0. The zero-order chi connectivity index (χ0) is 15.6. The smallest absolute Gasteiger partial charge is 0.213 e. The summed E-state index contributed by atoms with van der Waals surface area (Å²) in [6.45, 7) is 12.4. The zero-order valence-corrected chi connectivity index (χ0v) is 14.2. The van der Waals surface area contributed by atoms with E-state index in [9.17, 15) is 8.42 Å². The van der Waals surface area contributed by atoms with E-state index in [1.165, 1.54) is 5.56 Å². The fourth-order valence-corrected chi connectivity index (χ4v) is 2.65. The molecule has 1 rings (SSSR count). The second-order valence-corrected chi connectivity index (χ2v) is 9.04. The van der Waals surface area contributed by atoms with Crippen LogP contribution in [0.4, 0.5) is 0 Å². The van der Waals surface area contributed by atoms with Crippen LogP contribution in [0.15, 0.2) is 24.3 Å². The summed E-state index contributed by atoms with van der Waals surface area (Å²) >= 11 is 0. The largest absolute Gasteiger partial charge is 0.214 e. The molecular formula is C16H27NO2S. The van der Waals surface area contributed by atoms with Gasteiger partial charge >= 0.3 is 0 Å². The van der Waals surface area contributed by atoms with Gasteiger partial charge in [-0.15, -0.1) is 0 Å². The van der Waals surface area contributed by atoms with Crippen molar-refractivity contribution in [1.82, 2.24) is 4.72 Å². The quantitative estimate of drug-likeness (QED) is 0.905. The molecule has 3 nitrogen and oxygen atoms in total. The molecule has 0 aliphatic heterocycles.